The molecule has 9 heavy (non-hydrogen) atoms. The van der Waals surface area contributed by atoms with Gasteiger partial charge in [-0.1, -0.05) is 5.18 Å². The zero-order chi connectivity index (χ0) is 9.12. The molecule has 3 heteroatoms. The van der Waals surface area contributed by atoms with Gasteiger partial charge >= 0.3 is 0 Å². The minimum Gasteiger partial charge on any atom is -0.198 e. The summed E-state index contributed by atoms with van der Waals surface area (Å²) in [7, 11) is 0. The molecule has 0 fully saturated rings. The molecule has 0 aliphatic carbocycles. The van der Waals surface area contributed by atoms with E-state index in [0.717, 1.165) is 0 Å². The van der Waals surface area contributed by atoms with Gasteiger partial charge in [-0.15, -0.1) is 0 Å². The highest BCUT2D eigenvalue weighted by Crippen LogP contribution is 2.14. The van der Waals surface area contributed by atoms with Gasteiger partial charge in [-0.25, -0.2) is 0 Å². The number of nitrogens with zero attached hydrogens (tertiary/aromatic N) is 2. The Bertz CT molecular complexity index is 195. The van der Waals surface area contributed by atoms with E-state index in [1.54, 1.807) is 0 Å². The van der Waals surface area contributed by atoms with E-state index in [9.17, 15) is 4.91 Å². The van der Waals surface area contributed by atoms with Crippen LogP contribution in [0, 0.1) is 16.2 Å². The molecule has 0 aromatic rings. The predicted octanol–water partition coefficient (Wildman–Crippen LogP) is 1.84. The second kappa shape index (κ2) is 3.18. The van der Waals surface area contributed by atoms with Crippen LogP contribution < -0.4 is 0 Å². The SMILES string of the molecule is [2H]C([2H])(C#N)CC(C)(C)N=O. The molecule has 0 saturated carbocycles. The van der Waals surface area contributed by atoms with Crippen molar-refractivity contribution in [1.82, 2.24) is 0 Å². The van der Waals surface area contributed by atoms with Gasteiger partial charge in [0.1, 0.15) is 0 Å². The van der Waals surface area contributed by atoms with Gasteiger partial charge in [0.2, 0.25) is 0 Å². The van der Waals surface area contributed by atoms with Crippen LogP contribution >= 0.6 is 0 Å². The third-order valence-corrected chi connectivity index (χ3v) is 0.847. The summed E-state index contributed by atoms with van der Waals surface area (Å²) >= 11 is 0. The molecule has 0 unspecified atom stereocenters. The summed E-state index contributed by atoms with van der Waals surface area (Å²) < 4.78 is 14.1. The van der Waals surface area contributed by atoms with Crippen LogP contribution in [-0.4, -0.2) is 5.54 Å². The first-order valence-corrected chi connectivity index (χ1v) is 2.59. The van der Waals surface area contributed by atoms with E-state index in [1.807, 2.05) is 0 Å². The van der Waals surface area contributed by atoms with Crippen LogP contribution in [0.3, 0.4) is 0 Å². The van der Waals surface area contributed by atoms with Gasteiger partial charge in [0.15, 0.2) is 0 Å². The molecule has 0 radical (unpaired) electrons. The number of nitriles is 1. The Hall–Kier alpha value is -0.910. The van der Waals surface area contributed by atoms with Crippen molar-refractivity contribution in [3.8, 4) is 6.07 Å². The summed E-state index contributed by atoms with van der Waals surface area (Å²) in [4.78, 5) is 10.1. The molecule has 0 amide bonds. The number of nitroso groups, excluding NO2 is 1. The molecule has 0 aliphatic heterocycles. The molecular formula is C6H10N2O. The molecule has 0 aromatic carbocycles. The van der Waals surface area contributed by atoms with E-state index in [-0.39, 0.29) is 6.42 Å². The summed E-state index contributed by atoms with van der Waals surface area (Å²) in [6.45, 7) is 2.99. The molecule has 0 aromatic heterocycles. The maximum atomic E-state index is 10.1. The highest BCUT2D eigenvalue weighted by atomic mass is 16.3. The maximum Gasteiger partial charge on any atom is 0.0980 e. The van der Waals surface area contributed by atoms with Gasteiger partial charge in [0.05, 0.1) is 11.6 Å². The highest BCUT2D eigenvalue weighted by Gasteiger charge is 2.16. The lowest BCUT2D eigenvalue weighted by Gasteiger charge is -2.10. The predicted molar refractivity (Wildman–Crippen MR) is 34.7 cm³/mol. The molecule has 0 rings (SSSR count). The zero-order valence-corrected chi connectivity index (χ0v) is 5.51. The smallest absolute Gasteiger partial charge is 0.0980 e. The molecule has 3 nitrogen and oxygen atoms in total. The lowest BCUT2D eigenvalue weighted by atomic mass is 10.0. The number of rotatable bonds is 3. The van der Waals surface area contributed by atoms with E-state index < -0.39 is 11.9 Å². The summed E-state index contributed by atoms with van der Waals surface area (Å²) in [5.74, 6) is 0. The Morgan fingerprint density at radius 3 is 2.78 bits per heavy atom. The molecule has 0 aliphatic rings. The van der Waals surface area contributed by atoms with Crippen LogP contribution in [0.5, 0.6) is 0 Å². The number of hydrogen-bond acceptors (Lipinski definition) is 3. The first-order valence-electron chi connectivity index (χ1n) is 3.59. The van der Waals surface area contributed by atoms with Crippen LogP contribution in [0.25, 0.3) is 0 Å². The van der Waals surface area contributed by atoms with Crippen molar-refractivity contribution in [2.75, 3.05) is 0 Å². The first-order chi connectivity index (χ1) is 4.83. The van der Waals surface area contributed by atoms with Crippen molar-refractivity contribution in [1.29, 1.82) is 5.26 Å². The van der Waals surface area contributed by atoms with E-state index in [2.05, 4.69) is 5.18 Å². The Kier molecular flexibility index (Phi) is 1.74. The molecule has 0 bridgehead atoms. The summed E-state index contributed by atoms with van der Waals surface area (Å²) in [5, 5.41) is 11.0. The monoisotopic (exact) mass is 128 g/mol. The molecule has 0 spiro atoms. The van der Waals surface area contributed by atoms with Gasteiger partial charge in [-0.3, -0.25) is 0 Å². The van der Waals surface area contributed by atoms with E-state index >= 15 is 0 Å². The Morgan fingerprint density at radius 2 is 2.44 bits per heavy atom. The van der Waals surface area contributed by atoms with Gasteiger partial charge in [0.25, 0.3) is 0 Å². The second-order valence-corrected chi connectivity index (χ2v) is 2.37. The summed E-state index contributed by atoms with van der Waals surface area (Å²) in [6.07, 6.45) is -2.13. The molecular weight excluding hydrogens is 116 g/mol. The van der Waals surface area contributed by atoms with Crippen molar-refractivity contribution < 1.29 is 2.74 Å². The zero-order valence-electron chi connectivity index (χ0n) is 7.51. The minimum atomic E-state index is -1.96. The summed E-state index contributed by atoms with van der Waals surface area (Å²) in [6, 6.07) is 1.47. The van der Waals surface area contributed by atoms with Crippen LogP contribution in [0.1, 0.15) is 29.4 Å². The Balaban J connectivity index is 4.27. The lowest BCUT2D eigenvalue weighted by molar-refractivity contribution is 0.482. The average molecular weight is 128 g/mol. The lowest BCUT2D eigenvalue weighted by Crippen LogP contribution is -2.14. The fourth-order valence-corrected chi connectivity index (χ4v) is 0.288. The molecule has 0 heterocycles. The van der Waals surface area contributed by atoms with Gasteiger partial charge in [-0.2, -0.15) is 10.2 Å². The van der Waals surface area contributed by atoms with E-state index in [0.29, 0.717) is 0 Å². The third kappa shape index (κ3) is 3.65. The topological polar surface area (TPSA) is 53.2 Å². The third-order valence-electron chi connectivity index (χ3n) is 0.847. The quantitative estimate of drug-likeness (QED) is 0.544. The summed E-state index contributed by atoms with van der Waals surface area (Å²) in [5.41, 5.74) is -1.00. The molecule has 0 atom stereocenters. The van der Waals surface area contributed by atoms with Crippen molar-refractivity contribution >= 4 is 0 Å². The standard InChI is InChI=1S/C6H10N2O/c1-6(2,8-9)4-3-5-7/h3-4H2,1-2H3/i3D2. The van der Waals surface area contributed by atoms with Crippen LogP contribution in [-0.2, 0) is 0 Å². The second-order valence-electron chi connectivity index (χ2n) is 2.37. The van der Waals surface area contributed by atoms with Crippen molar-refractivity contribution in [3.63, 3.8) is 0 Å². The largest absolute Gasteiger partial charge is 0.198 e. The normalized spacial score (nSPS) is 15.2. The Morgan fingerprint density at radius 1 is 1.89 bits per heavy atom. The van der Waals surface area contributed by atoms with Crippen LogP contribution in [0.2, 0.25) is 0 Å². The Labute approximate surface area is 57.5 Å². The average Bonchev–Trinajstić information content (AvgIpc) is 1.86. The van der Waals surface area contributed by atoms with Gasteiger partial charge < -0.3 is 0 Å². The van der Waals surface area contributed by atoms with Crippen LogP contribution in [0.4, 0.5) is 0 Å². The number of hydrogen-bond donors (Lipinski definition) is 0. The van der Waals surface area contributed by atoms with Crippen molar-refractivity contribution in [3.05, 3.63) is 4.91 Å². The van der Waals surface area contributed by atoms with Crippen molar-refractivity contribution in [2.45, 2.75) is 32.2 Å². The van der Waals surface area contributed by atoms with E-state index in [1.165, 1.54) is 19.9 Å². The minimum absolute atomic E-state index is 0.167. The molecule has 50 valence electrons. The van der Waals surface area contributed by atoms with Gasteiger partial charge in [0, 0.05) is 9.11 Å². The fraction of sp³-hybridized carbons (Fsp3) is 0.833. The van der Waals surface area contributed by atoms with Crippen molar-refractivity contribution in [2.24, 2.45) is 5.18 Å². The molecule has 0 saturated heterocycles. The molecule has 0 N–H and O–H groups in total. The van der Waals surface area contributed by atoms with E-state index in [4.69, 9.17) is 8.00 Å². The maximum absolute atomic E-state index is 10.1. The van der Waals surface area contributed by atoms with Crippen LogP contribution in [0.15, 0.2) is 5.18 Å². The van der Waals surface area contributed by atoms with Gasteiger partial charge in [-0.05, 0) is 20.3 Å². The highest BCUT2D eigenvalue weighted by molar-refractivity contribution is 4.82. The first kappa shape index (κ1) is 4.92. The fourth-order valence-electron chi connectivity index (χ4n) is 0.288.